The number of carbonyl (C=O) groups is 3. The van der Waals surface area contributed by atoms with Gasteiger partial charge in [-0.3, -0.25) is 9.59 Å². The number of para-hydroxylation sites is 1. The van der Waals surface area contributed by atoms with Gasteiger partial charge < -0.3 is 10.1 Å². The molecule has 0 radical (unpaired) electrons. The topological polar surface area (TPSA) is 121 Å². The largest absolute Gasteiger partial charge is 0.422 e. The number of hydrazone groups is 1. The Kier molecular flexibility index (Phi) is 7.55. The minimum atomic E-state index is -0.993. The molecule has 0 saturated carbocycles. The van der Waals surface area contributed by atoms with Crippen LogP contribution in [0.5, 0.6) is 5.75 Å². The highest BCUT2D eigenvalue weighted by Crippen LogP contribution is 2.37. The molecule has 1 aromatic heterocycles. The summed E-state index contributed by atoms with van der Waals surface area (Å²) in [6.45, 7) is 0. The molecule has 2 amide bonds. The normalized spacial score (nSPS) is 12.5. The molecule has 0 unspecified atom stereocenters. The molecule has 176 valence electrons. The SMILES string of the molecule is N#Cc1c(NC(=O)C(=O)N/N=C\c2ccccc2OC(=O)c2ccc(Cl)cc2)sc2c1CCCC2. The first kappa shape index (κ1) is 24.1. The van der Waals surface area contributed by atoms with Crippen LogP contribution in [0.15, 0.2) is 53.6 Å². The number of amides is 2. The Bertz CT molecular complexity index is 1360. The lowest BCUT2D eigenvalue weighted by Gasteiger charge is -2.09. The van der Waals surface area contributed by atoms with Gasteiger partial charge in [0.1, 0.15) is 16.8 Å². The van der Waals surface area contributed by atoms with Crippen molar-refractivity contribution in [2.75, 3.05) is 5.32 Å². The summed E-state index contributed by atoms with van der Waals surface area (Å²) in [6.07, 6.45) is 4.96. The standard InChI is InChI=1S/C25H19ClN4O4S/c26-17-11-9-15(10-12-17)25(33)34-20-7-3-1-5-16(20)14-28-30-23(32)22(31)29-24-19(13-27)18-6-2-4-8-21(18)35-24/h1,3,5,7,9-12,14H,2,4,6,8H2,(H,29,31)(H,30,32)/b28-14-. The molecule has 0 bridgehead atoms. The molecular formula is C25H19ClN4O4S. The number of ether oxygens (including phenoxy) is 1. The molecule has 2 aromatic carbocycles. The van der Waals surface area contributed by atoms with E-state index < -0.39 is 17.8 Å². The van der Waals surface area contributed by atoms with E-state index in [0.29, 0.717) is 26.7 Å². The molecule has 1 heterocycles. The van der Waals surface area contributed by atoms with Gasteiger partial charge in [0.2, 0.25) is 0 Å². The molecule has 0 atom stereocenters. The minimum absolute atomic E-state index is 0.220. The quantitative estimate of drug-likeness (QED) is 0.174. The number of fused-ring (bicyclic) bond motifs is 1. The molecule has 35 heavy (non-hydrogen) atoms. The fraction of sp³-hybridized carbons (Fsp3) is 0.160. The van der Waals surface area contributed by atoms with Crippen molar-refractivity contribution in [2.24, 2.45) is 5.10 Å². The Labute approximate surface area is 210 Å². The first-order valence-electron chi connectivity index (χ1n) is 10.7. The van der Waals surface area contributed by atoms with Crippen molar-refractivity contribution in [3.05, 3.63) is 80.7 Å². The Morgan fingerprint density at radius 2 is 1.80 bits per heavy atom. The lowest BCUT2D eigenvalue weighted by atomic mass is 9.96. The number of nitriles is 1. The second-order valence-corrected chi connectivity index (χ2v) is 9.16. The van der Waals surface area contributed by atoms with Crippen LogP contribution in [0.4, 0.5) is 5.00 Å². The fourth-order valence-corrected chi connectivity index (χ4v) is 4.93. The van der Waals surface area contributed by atoms with Gasteiger partial charge in [0.15, 0.2) is 0 Å². The molecule has 1 aliphatic carbocycles. The predicted octanol–water partition coefficient (Wildman–Crippen LogP) is 4.46. The van der Waals surface area contributed by atoms with Crippen LogP contribution < -0.4 is 15.5 Å². The van der Waals surface area contributed by atoms with E-state index >= 15 is 0 Å². The Morgan fingerprint density at radius 3 is 2.57 bits per heavy atom. The summed E-state index contributed by atoms with van der Waals surface area (Å²) in [4.78, 5) is 38.1. The van der Waals surface area contributed by atoms with E-state index in [4.69, 9.17) is 16.3 Å². The zero-order chi connectivity index (χ0) is 24.8. The van der Waals surface area contributed by atoms with Crippen molar-refractivity contribution >= 4 is 51.9 Å². The fourth-order valence-electron chi connectivity index (χ4n) is 3.57. The van der Waals surface area contributed by atoms with E-state index in [-0.39, 0.29) is 5.75 Å². The van der Waals surface area contributed by atoms with E-state index in [1.165, 1.54) is 17.6 Å². The summed E-state index contributed by atoms with van der Waals surface area (Å²) in [5.41, 5.74) is 4.26. The Morgan fingerprint density at radius 1 is 1.06 bits per heavy atom. The van der Waals surface area contributed by atoms with Crippen molar-refractivity contribution in [3.8, 4) is 11.8 Å². The van der Waals surface area contributed by atoms with Crippen LogP contribution in [0.1, 0.15) is 44.8 Å². The molecule has 0 fully saturated rings. The number of halogens is 1. The number of nitrogens with one attached hydrogen (secondary N) is 2. The van der Waals surface area contributed by atoms with Crippen LogP contribution in [0, 0.1) is 11.3 Å². The van der Waals surface area contributed by atoms with Crippen LogP contribution in [0.25, 0.3) is 0 Å². The van der Waals surface area contributed by atoms with Gasteiger partial charge in [-0.15, -0.1) is 11.3 Å². The van der Waals surface area contributed by atoms with Crippen LogP contribution in [-0.2, 0) is 22.4 Å². The molecule has 8 nitrogen and oxygen atoms in total. The smallest absolute Gasteiger partial charge is 0.343 e. The van der Waals surface area contributed by atoms with Gasteiger partial charge in [0.25, 0.3) is 0 Å². The molecule has 3 aromatic rings. The summed E-state index contributed by atoms with van der Waals surface area (Å²) >= 11 is 7.18. The number of esters is 1. The highest BCUT2D eigenvalue weighted by molar-refractivity contribution is 7.16. The minimum Gasteiger partial charge on any atom is -0.422 e. The number of benzene rings is 2. The molecule has 0 spiro atoms. The molecular weight excluding hydrogens is 488 g/mol. The number of thiophene rings is 1. The van der Waals surface area contributed by atoms with Crippen molar-refractivity contribution in [1.82, 2.24) is 5.43 Å². The average Bonchev–Trinajstić information content (AvgIpc) is 3.22. The number of rotatable bonds is 5. The second-order valence-electron chi connectivity index (χ2n) is 7.61. The summed E-state index contributed by atoms with van der Waals surface area (Å²) in [6, 6.07) is 15.0. The molecule has 10 heteroatoms. The Balaban J connectivity index is 1.39. The van der Waals surface area contributed by atoms with Gasteiger partial charge in [-0.25, -0.2) is 10.2 Å². The van der Waals surface area contributed by atoms with E-state index in [2.05, 4.69) is 21.9 Å². The third-order valence-electron chi connectivity index (χ3n) is 5.29. The number of hydrogen-bond donors (Lipinski definition) is 2. The maximum absolute atomic E-state index is 12.4. The molecule has 0 saturated heterocycles. The number of hydrogen-bond acceptors (Lipinski definition) is 7. The van der Waals surface area contributed by atoms with Crippen molar-refractivity contribution in [2.45, 2.75) is 25.7 Å². The first-order valence-corrected chi connectivity index (χ1v) is 11.9. The van der Waals surface area contributed by atoms with Crippen LogP contribution in [0.2, 0.25) is 5.02 Å². The number of aryl methyl sites for hydroxylation is 1. The summed E-state index contributed by atoms with van der Waals surface area (Å²) < 4.78 is 5.43. The third kappa shape index (κ3) is 5.74. The van der Waals surface area contributed by atoms with Gasteiger partial charge >= 0.3 is 17.8 Å². The summed E-state index contributed by atoms with van der Waals surface area (Å²) in [5, 5.41) is 16.7. The number of carbonyl (C=O) groups excluding carboxylic acids is 3. The molecule has 2 N–H and O–H groups in total. The Hall–Kier alpha value is -4.00. The van der Waals surface area contributed by atoms with Crippen LogP contribution in [-0.4, -0.2) is 24.0 Å². The second kappa shape index (κ2) is 11.0. The van der Waals surface area contributed by atoms with Gasteiger partial charge in [-0.05, 0) is 67.6 Å². The maximum atomic E-state index is 12.4. The maximum Gasteiger partial charge on any atom is 0.343 e. The summed E-state index contributed by atoms with van der Waals surface area (Å²) in [7, 11) is 0. The van der Waals surface area contributed by atoms with E-state index in [9.17, 15) is 19.6 Å². The molecule has 0 aliphatic heterocycles. The zero-order valence-electron chi connectivity index (χ0n) is 18.3. The zero-order valence-corrected chi connectivity index (χ0v) is 19.9. The van der Waals surface area contributed by atoms with Gasteiger partial charge in [-0.1, -0.05) is 23.7 Å². The first-order chi connectivity index (χ1) is 17.0. The third-order valence-corrected chi connectivity index (χ3v) is 6.75. The van der Waals surface area contributed by atoms with Crippen LogP contribution in [0.3, 0.4) is 0 Å². The molecule has 4 rings (SSSR count). The van der Waals surface area contributed by atoms with E-state index in [0.717, 1.165) is 36.1 Å². The number of nitrogens with zero attached hydrogens (tertiary/aromatic N) is 2. The highest BCUT2D eigenvalue weighted by atomic mass is 35.5. The highest BCUT2D eigenvalue weighted by Gasteiger charge is 2.23. The van der Waals surface area contributed by atoms with E-state index in [1.54, 1.807) is 48.5 Å². The van der Waals surface area contributed by atoms with Crippen molar-refractivity contribution in [1.29, 1.82) is 5.26 Å². The molecule has 1 aliphatic rings. The summed E-state index contributed by atoms with van der Waals surface area (Å²) in [5.74, 6) is -2.29. The predicted molar refractivity (Wildman–Crippen MR) is 133 cm³/mol. The van der Waals surface area contributed by atoms with Crippen molar-refractivity contribution < 1.29 is 19.1 Å². The van der Waals surface area contributed by atoms with Crippen LogP contribution >= 0.6 is 22.9 Å². The van der Waals surface area contributed by atoms with E-state index in [1.807, 2.05) is 0 Å². The lowest BCUT2D eigenvalue weighted by molar-refractivity contribution is -0.136. The van der Waals surface area contributed by atoms with Gasteiger partial charge in [0.05, 0.1) is 17.3 Å². The van der Waals surface area contributed by atoms with Crippen molar-refractivity contribution in [3.63, 3.8) is 0 Å². The van der Waals surface area contributed by atoms with Gasteiger partial charge in [-0.2, -0.15) is 10.4 Å². The number of anilines is 1. The monoisotopic (exact) mass is 506 g/mol. The van der Waals surface area contributed by atoms with Gasteiger partial charge in [0, 0.05) is 15.5 Å². The lowest BCUT2D eigenvalue weighted by Crippen LogP contribution is -2.32. The average molecular weight is 507 g/mol.